The van der Waals surface area contributed by atoms with E-state index in [4.69, 9.17) is 0 Å². The van der Waals surface area contributed by atoms with E-state index < -0.39 is 0 Å². The second kappa shape index (κ2) is 11.5. The van der Waals surface area contributed by atoms with E-state index in [2.05, 4.69) is 58.7 Å². The van der Waals surface area contributed by atoms with E-state index >= 15 is 0 Å². The van der Waals surface area contributed by atoms with E-state index in [1.807, 2.05) is 0 Å². The molecular formula is C19H42N2. The Kier molecular flexibility index (Phi) is 11.4. The maximum Gasteiger partial charge on any atom is 0.00499 e. The molecule has 0 radical (unpaired) electrons. The van der Waals surface area contributed by atoms with E-state index in [0.717, 1.165) is 24.9 Å². The Morgan fingerprint density at radius 1 is 0.952 bits per heavy atom. The molecule has 0 aromatic rings. The van der Waals surface area contributed by atoms with Crippen LogP contribution >= 0.6 is 0 Å². The summed E-state index contributed by atoms with van der Waals surface area (Å²) in [5.74, 6) is 1.60. The smallest absolute Gasteiger partial charge is 0.00499 e. The van der Waals surface area contributed by atoms with Gasteiger partial charge in [0, 0.05) is 19.6 Å². The van der Waals surface area contributed by atoms with Crippen molar-refractivity contribution in [2.24, 2.45) is 17.3 Å². The van der Waals surface area contributed by atoms with Crippen molar-refractivity contribution in [1.82, 2.24) is 10.2 Å². The quantitative estimate of drug-likeness (QED) is 0.525. The average Bonchev–Trinajstić information content (AvgIpc) is 2.49. The van der Waals surface area contributed by atoms with Crippen molar-refractivity contribution in [3.63, 3.8) is 0 Å². The molecule has 128 valence electrons. The van der Waals surface area contributed by atoms with Crippen molar-refractivity contribution in [2.75, 3.05) is 32.7 Å². The first-order valence-electron chi connectivity index (χ1n) is 9.39. The van der Waals surface area contributed by atoms with Crippen molar-refractivity contribution >= 4 is 0 Å². The molecular weight excluding hydrogens is 256 g/mol. The zero-order valence-corrected chi connectivity index (χ0v) is 16.0. The van der Waals surface area contributed by atoms with Gasteiger partial charge in [-0.2, -0.15) is 0 Å². The molecule has 0 atom stereocenters. The standard InChI is InChI=1S/C19H42N2/c1-8-18(9-2)14-21(12-5)16-19(10-3,11-4)15-20-13-17(6)7/h17-18,20H,8-16H2,1-7H3. The summed E-state index contributed by atoms with van der Waals surface area (Å²) in [6.45, 7) is 22.3. The van der Waals surface area contributed by atoms with Gasteiger partial charge in [-0.1, -0.05) is 61.3 Å². The normalized spacial score (nSPS) is 12.9. The molecule has 0 aliphatic rings. The Bertz CT molecular complexity index is 230. The summed E-state index contributed by atoms with van der Waals surface area (Å²) < 4.78 is 0. The van der Waals surface area contributed by atoms with Crippen molar-refractivity contribution in [2.45, 2.75) is 74.1 Å². The van der Waals surface area contributed by atoms with Gasteiger partial charge < -0.3 is 10.2 Å². The van der Waals surface area contributed by atoms with Crippen molar-refractivity contribution < 1.29 is 0 Å². The van der Waals surface area contributed by atoms with Gasteiger partial charge in [0.05, 0.1) is 0 Å². The second-order valence-electron chi connectivity index (χ2n) is 7.24. The van der Waals surface area contributed by atoms with Crippen LogP contribution < -0.4 is 5.32 Å². The Morgan fingerprint density at radius 2 is 1.52 bits per heavy atom. The van der Waals surface area contributed by atoms with Crippen molar-refractivity contribution in [3.8, 4) is 0 Å². The lowest BCUT2D eigenvalue weighted by Gasteiger charge is -2.38. The maximum absolute atomic E-state index is 3.71. The lowest BCUT2D eigenvalue weighted by molar-refractivity contribution is 0.121. The van der Waals surface area contributed by atoms with Crippen LogP contribution in [0.1, 0.15) is 74.1 Å². The first kappa shape index (κ1) is 20.9. The predicted octanol–water partition coefficient (Wildman–Crippen LogP) is 4.80. The van der Waals surface area contributed by atoms with Gasteiger partial charge >= 0.3 is 0 Å². The minimum absolute atomic E-state index is 0.441. The lowest BCUT2D eigenvalue weighted by atomic mass is 9.81. The van der Waals surface area contributed by atoms with Crippen LogP contribution in [0.15, 0.2) is 0 Å². The molecule has 0 bridgehead atoms. The SMILES string of the molecule is CCC(CC)CN(CC)CC(CC)(CC)CNCC(C)C. The van der Waals surface area contributed by atoms with Gasteiger partial charge in [0.15, 0.2) is 0 Å². The summed E-state index contributed by atoms with van der Waals surface area (Å²) in [6.07, 6.45) is 5.16. The van der Waals surface area contributed by atoms with Crippen LogP contribution in [0.2, 0.25) is 0 Å². The number of nitrogens with one attached hydrogen (secondary N) is 1. The van der Waals surface area contributed by atoms with E-state index in [1.165, 1.54) is 45.3 Å². The van der Waals surface area contributed by atoms with E-state index in [-0.39, 0.29) is 0 Å². The van der Waals surface area contributed by atoms with Crippen LogP contribution in [0, 0.1) is 17.3 Å². The molecule has 2 nitrogen and oxygen atoms in total. The van der Waals surface area contributed by atoms with Crippen LogP contribution in [0.4, 0.5) is 0 Å². The molecule has 0 aromatic carbocycles. The van der Waals surface area contributed by atoms with E-state index in [1.54, 1.807) is 0 Å². The minimum Gasteiger partial charge on any atom is -0.316 e. The summed E-state index contributed by atoms with van der Waals surface area (Å²) in [5, 5.41) is 3.71. The van der Waals surface area contributed by atoms with Crippen molar-refractivity contribution in [3.05, 3.63) is 0 Å². The van der Waals surface area contributed by atoms with Crippen LogP contribution in [0.5, 0.6) is 0 Å². The molecule has 0 fully saturated rings. The Labute approximate surface area is 135 Å². The fraction of sp³-hybridized carbons (Fsp3) is 1.00. The van der Waals surface area contributed by atoms with Gasteiger partial charge in [-0.05, 0) is 43.2 Å². The number of hydrogen-bond donors (Lipinski definition) is 1. The Balaban J connectivity index is 4.61. The fourth-order valence-electron chi connectivity index (χ4n) is 3.10. The van der Waals surface area contributed by atoms with Gasteiger partial charge in [0.2, 0.25) is 0 Å². The molecule has 0 saturated heterocycles. The second-order valence-corrected chi connectivity index (χ2v) is 7.24. The lowest BCUT2D eigenvalue weighted by Crippen LogP contribution is -2.45. The van der Waals surface area contributed by atoms with Gasteiger partial charge in [0.1, 0.15) is 0 Å². The topological polar surface area (TPSA) is 15.3 Å². The summed E-state index contributed by atoms with van der Waals surface area (Å²) in [5.41, 5.74) is 0.441. The van der Waals surface area contributed by atoms with Gasteiger partial charge in [-0.3, -0.25) is 0 Å². The molecule has 0 saturated carbocycles. The highest BCUT2D eigenvalue weighted by atomic mass is 15.1. The van der Waals surface area contributed by atoms with E-state index in [0.29, 0.717) is 5.41 Å². The summed E-state index contributed by atoms with van der Waals surface area (Å²) in [7, 11) is 0. The van der Waals surface area contributed by atoms with Crippen LogP contribution in [-0.4, -0.2) is 37.6 Å². The van der Waals surface area contributed by atoms with Gasteiger partial charge in [-0.25, -0.2) is 0 Å². The Hall–Kier alpha value is -0.0800. The molecule has 21 heavy (non-hydrogen) atoms. The number of rotatable bonds is 13. The highest BCUT2D eigenvalue weighted by molar-refractivity contribution is 4.83. The maximum atomic E-state index is 3.71. The third kappa shape index (κ3) is 8.21. The highest BCUT2D eigenvalue weighted by Crippen LogP contribution is 2.27. The summed E-state index contributed by atoms with van der Waals surface area (Å²) >= 11 is 0. The first-order chi connectivity index (χ1) is 9.96. The zero-order valence-electron chi connectivity index (χ0n) is 16.0. The minimum atomic E-state index is 0.441. The molecule has 2 heteroatoms. The molecule has 0 amide bonds. The monoisotopic (exact) mass is 298 g/mol. The molecule has 0 heterocycles. The van der Waals surface area contributed by atoms with E-state index in [9.17, 15) is 0 Å². The molecule has 0 unspecified atom stereocenters. The molecule has 0 rings (SSSR count). The van der Waals surface area contributed by atoms with Crippen LogP contribution in [-0.2, 0) is 0 Å². The molecule has 0 aliphatic heterocycles. The van der Waals surface area contributed by atoms with Crippen LogP contribution in [0.3, 0.4) is 0 Å². The third-order valence-electron chi connectivity index (χ3n) is 5.23. The van der Waals surface area contributed by atoms with Crippen LogP contribution in [0.25, 0.3) is 0 Å². The van der Waals surface area contributed by atoms with Crippen molar-refractivity contribution in [1.29, 1.82) is 0 Å². The van der Waals surface area contributed by atoms with Gasteiger partial charge in [-0.15, -0.1) is 0 Å². The third-order valence-corrected chi connectivity index (χ3v) is 5.23. The first-order valence-corrected chi connectivity index (χ1v) is 9.39. The Morgan fingerprint density at radius 3 is 1.90 bits per heavy atom. The van der Waals surface area contributed by atoms with Gasteiger partial charge in [0.25, 0.3) is 0 Å². The number of nitrogens with zero attached hydrogens (tertiary/aromatic N) is 1. The summed E-state index contributed by atoms with van der Waals surface area (Å²) in [4.78, 5) is 2.70. The number of hydrogen-bond acceptors (Lipinski definition) is 2. The molecule has 0 aliphatic carbocycles. The largest absolute Gasteiger partial charge is 0.316 e. The fourth-order valence-corrected chi connectivity index (χ4v) is 3.10. The molecule has 1 N–H and O–H groups in total. The summed E-state index contributed by atoms with van der Waals surface area (Å²) in [6, 6.07) is 0. The average molecular weight is 299 g/mol. The molecule has 0 aromatic heterocycles. The zero-order chi connectivity index (χ0) is 16.3. The predicted molar refractivity (Wildman–Crippen MR) is 96.9 cm³/mol. The molecule has 0 spiro atoms. The highest BCUT2D eigenvalue weighted by Gasteiger charge is 2.28.